The summed E-state index contributed by atoms with van der Waals surface area (Å²) in [6.07, 6.45) is 1.13. The van der Waals surface area contributed by atoms with Crippen LogP contribution in [-0.4, -0.2) is 58.7 Å². The lowest BCUT2D eigenvalue weighted by molar-refractivity contribution is 0.0904. The monoisotopic (exact) mass is 439 g/mol. The molecule has 32 heavy (non-hydrogen) atoms. The molecule has 9 heteroatoms. The van der Waals surface area contributed by atoms with Crippen LogP contribution < -0.4 is 15.8 Å². The number of aromatic nitrogens is 3. The van der Waals surface area contributed by atoms with E-state index in [0.717, 1.165) is 54.4 Å². The van der Waals surface area contributed by atoms with Gasteiger partial charge in [-0.25, -0.2) is 9.97 Å². The van der Waals surface area contributed by atoms with Crippen molar-refractivity contribution in [1.29, 1.82) is 0 Å². The lowest BCUT2D eigenvalue weighted by atomic mass is 10.1. The Bertz CT molecular complexity index is 1030. The van der Waals surface area contributed by atoms with Crippen molar-refractivity contribution in [2.45, 2.75) is 38.8 Å². The Labute approximate surface area is 187 Å². The molecule has 4 rings (SSSR count). The molecule has 170 valence electrons. The molecule has 0 spiro atoms. The van der Waals surface area contributed by atoms with Gasteiger partial charge in [0.25, 0.3) is 0 Å². The second-order valence-corrected chi connectivity index (χ2v) is 7.92. The molecule has 0 amide bonds. The Morgan fingerprint density at radius 1 is 1.22 bits per heavy atom. The number of aryl methyl sites for hydroxylation is 2. The zero-order chi connectivity index (χ0) is 22.5. The van der Waals surface area contributed by atoms with E-state index in [0.29, 0.717) is 17.3 Å². The number of ether oxygens (including phenoxy) is 2. The summed E-state index contributed by atoms with van der Waals surface area (Å²) in [6.45, 7) is 5.51. The van der Waals surface area contributed by atoms with Crippen LogP contribution in [0.15, 0.2) is 34.9 Å². The zero-order valence-electron chi connectivity index (χ0n) is 18.4. The topological polar surface area (TPSA) is 129 Å². The molecule has 0 saturated carbocycles. The van der Waals surface area contributed by atoms with Crippen LogP contribution in [0.25, 0.3) is 22.6 Å². The van der Waals surface area contributed by atoms with E-state index in [-0.39, 0.29) is 19.2 Å². The second kappa shape index (κ2) is 10.1. The van der Waals surface area contributed by atoms with E-state index in [1.54, 1.807) is 0 Å². The highest BCUT2D eigenvalue weighted by molar-refractivity contribution is 5.70. The zero-order valence-corrected chi connectivity index (χ0v) is 18.4. The third kappa shape index (κ3) is 5.24. The van der Waals surface area contributed by atoms with Gasteiger partial charge in [0, 0.05) is 37.4 Å². The average Bonchev–Trinajstić information content (AvgIpc) is 3.16. The molecule has 1 aliphatic heterocycles. The standard InChI is InChI=1S/C23H29N5O4/c1-14-22(15(2)32-28-14)20-11-21(25-17-6-8-30-9-7-17)27-23(26-20)16-4-3-5-19(10-16)31-13-18(29)12-24/h3-5,10-11,17-18,29H,6-9,12-13,24H2,1-2H3,(H,25,26,27)/t18-/m0/s1. The fourth-order valence-electron chi connectivity index (χ4n) is 3.66. The van der Waals surface area contributed by atoms with E-state index in [2.05, 4.69) is 10.5 Å². The van der Waals surface area contributed by atoms with Gasteiger partial charge in [-0.15, -0.1) is 0 Å². The summed E-state index contributed by atoms with van der Waals surface area (Å²) >= 11 is 0. The number of nitrogens with one attached hydrogen (secondary N) is 1. The van der Waals surface area contributed by atoms with Crippen LogP contribution in [0, 0.1) is 13.8 Å². The summed E-state index contributed by atoms with van der Waals surface area (Å²) in [5.41, 5.74) is 8.64. The quantitative estimate of drug-likeness (QED) is 0.485. The SMILES string of the molecule is Cc1noc(C)c1-c1cc(NC2CCOCC2)nc(-c2cccc(OC[C@@H](O)CN)c2)n1. The van der Waals surface area contributed by atoms with Crippen molar-refractivity contribution < 1.29 is 19.1 Å². The molecular formula is C23H29N5O4. The molecule has 3 heterocycles. The fourth-order valence-corrected chi connectivity index (χ4v) is 3.66. The molecule has 2 aromatic heterocycles. The largest absolute Gasteiger partial charge is 0.491 e. The van der Waals surface area contributed by atoms with Gasteiger partial charge < -0.3 is 30.2 Å². The van der Waals surface area contributed by atoms with Gasteiger partial charge in [-0.1, -0.05) is 17.3 Å². The number of anilines is 1. The van der Waals surface area contributed by atoms with Gasteiger partial charge >= 0.3 is 0 Å². The predicted molar refractivity (Wildman–Crippen MR) is 120 cm³/mol. The number of rotatable bonds is 8. The first-order valence-corrected chi connectivity index (χ1v) is 10.8. The first-order chi connectivity index (χ1) is 15.5. The number of nitrogens with zero attached hydrogens (tertiary/aromatic N) is 3. The Balaban J connectivity index is 1.69. The normalized spacial score (nSPS) is 15.5. The Kier molecular flexibility index (Phi) is 6.99. The first-order valence-electron chi connectivity index (χ1n) is 10.8. The van der Waals surface area contributed by atoms with E-state index >= 15 is 0 Å². The van der Waals surface area contributed by atoms with Crippen LogP contribution in [0.2, 0.25) is 0 Å². The predicted octanol–water partition coefficient (Wildman–Crippen LogP) is 2.70. The van der Waals surface area contributed by atoms with Gasteiger partial charge in [-0.05, 0) is 38.8 Å². The van der Waals surface area contributed by atoms with E-state index in [1.807, 2.05) is 44.2 Å². The van der Waals surface area contributed by atoms with Crippen LogP contribution in [0.3, 0.4) is 0 Å². The minimum absolute atomic E-state index is 0.122. The number of benzene rings is 1. The van der Waals surface area contributed by atoms with Crippen LogP contribution in [0.1, 0.15) is 24.3 Å². The average molecular weight is 440 g/mol. The molecular weight excluding hydrogens is 410 g/mol. The molecule has 0 radical (unpaired) electrons. The van der Waals surface area contributed by atoms with Crippen molar-refractivity contribution in [3.8, 4) is 28.4 Å². The maximum absolute atomic E-state index is 9.69. The van der Waals surface area contributed by atoms with Gasteiger partial charge in [0.15, 0.2) is 5.82 Å². The van der Waals surface area contributed by atoms with Crippen LogP contribution >= 0.6 is 0 Å². The van der Waals surface area contributed by atoms with E-state index < -0.39 is 6.10 Å². The minimum Gasteiger partial charge on any atom is -0.491 e. The maximum atomic E-state index is 9.69. The number of hydrogen-bond acceptors (Lipinski definition) is 9. The van der Waals surface area contributed by atoms with Gasteiger partial charge in [-0.2, -0.15) is 0 Å². The summed E-state index contributed by atoms with van der Waals surface area (Å²) < 4.78 is 16.5. The number of hydrogen-bond donors (Lipinski definition) is 3. The van der Waals surface area contributed by atoms with Gasteiger partial charge in [0.05, 0.1) is 17.0 Å². The fraction of sp³-hybridized carbons (Fsp3) is 0.435. The van der Waals surface area contributed by atoms with E-state index in [4.69, 9.17) is 29.7 Å². The number of aliphatic hydroxyl groups excluding tert-OH is 1. The third-order valence-corrected chi connectivity index (χ3v) is 5.40. The van der Waals surface area contributed by atoms with Crippen molar-refractivity contribution in [3.05, 3.63) is 41.8 Å². The van der Waals surface area contributed by atoms with Gasteiger partial charge in [0.1, 0.15) is 30.0 Å². The summed E-state index contributed by atoms with van der Waals surface area (Å²) in [5.74, 6) is 2.61. The Morgan fingerprint density at radius 2 is 2.03 bits per heavy atom. The van der Waals surface area contributed by atoms with Gasteiger partial charge in [0.2, 0.25) is 0 Å². The number of nitrogens with two attached hydrogens (primary N) is 1. The lowest BCUT2D eigenvalue weighted by Gasteiger charge is -2.24. The third-order valence-electron chi connectivity index (χ3n) is 5.40. The first kappa shape index (κ1) is 22.2. The van der Waals surface area contributed by atoms with E-state index in [9.17, 15) is 5.11 Å². The smallest absolute Gasteiger partial charge is 0.162 e. The molecule has 1 atom stereocenters. The Morgan fingerprint density at radius 3 is 2.75 bits per heavy atom. The van der Waals surface area contributed by atoms with Crippen molar-refractivity contribution >= 4 is 5.82 Å². The minimum atomic E-state index is -0.715. The van der Waals surface area contributed by atoms with Crippen molar-refractivity contribution in [3.63, 3.8) is 0 Å². The summed E-state index contributed by atoms with van der Waals surface area (Å²) in [6, 6.07) is 9.70. The molecule has 0 bridgehead atoms. The molecule has 9 nitrogen and oxygen atoms in total. The molecule has 1 saturated heterocycles. The second-order valence-electron chi connectivity index (χ2n) is 7.92. The molecule has 0 aliphatic carbocycles. The summed E-state index contributed by atoms with van der Waals surface area (Å²) in [5, 5.41) is 17.3. The lowest BCUT2D eigenvalue weighted by Crippen LogP contribution is -2.28. The molecule has 1 fully saturated rings. The number of aliphatic hydroxyl groups is 1. The van der Waals surface area contributed by atoms with Crippen LogP contribution in [0.4, 0.5) is 5.82 Å². The van der Waals surface area contributed by atoms with Crippen molar-refractivity contribution in [1.82, 2.24) is 15.1 Å². The van der Waals surface area contributed by atoms with Crippen LogP contribution in [-0.2, 0) is 4.74 Å². The van der Waals surface area contributed by atoms with Crippen LogP contribution in [0.5, 0.6) is 5.75 Å². The van der Waals surface area contributed by atoms with E-state index in [1.165, 1.54) is 0 Å². The highest BCUT2D eigenvalue weighted by Gasteiger charge is 2.19. The van der Waals surface area contributed by atoms with Crippen molar-refractivity contribution in [2.75, 3.05) is 31.7 Å². The van der Waals surface area contributed by atoms with Crippen molar-refractivity contribution in [2.24, 2.45) is 5.73 Å². The van der Waals surface area contributed by atoms with Gasteiger partial charge in [-0.3, -0.25) is 0 Å². The molecule has 0 unspecified atom stereocenters. The highest BCUT2D eigenvalue weighted by atomic mass is 16.5. The Hall–Kier alpha value is -3.01. The molecule has 4 N–H and O–H groups in total. The maximum Gasteiger partial charge on any atom is 0.162 e. The highest BCUT2D eigenvalue weighted by Crippen LogP contribution is 2.30. The molecule has 1 aromatic carbocycles. The molecule has 1 aliphatic rings. The summed E-state index contributed by atoms with van der Waals surface area (Å²) in [4.78, 5) is 9.59. The summed E-state index contributed by atoms with van der Waals surface area (Å²) in [7, 11) is 0. The molecule has 3 aromatic rings.